The first-order valence-electron chi connectivity index (χ1n) is 7.07. The first-order valence-corrected chi connectivity index (χ1v) is 7.07. The summed E-state index contributed by atoms with van der Waals surface area (Å²) < 4.78 is 5.58. The molecular formula is C15H23NO3. The van der Waals surface area contributed by atoms with Crippen molar-refractivity contribution in [3.05, 3.63) is 23.5 Å². The van der Waals surface area contributed by atoms with Crippen molar-refractivity contribution in [3.8, 4) is 5.75 Å². The van der Waals surface area contributed by atoms with E-state index in [4.69, 9.17) is 4.74 Å². The van der Waals surface area contributed by atoms with Crippen LogP contribution in [0.15, 0.2) is 12.1 Å². The third-order valence-electron chi connectivity index (χ3n) is 3.73. The van der Waals surface area contributed by atoms with E-state index >= 15 is 0 Å². The summed E-state index contributed by atoms with van der Waals surface area (Å²) in [6.45, 7) is 2.00. The largest absolute Gasteiger partial charge is 0.489 e. The molecule has 1 aromatic heterocycles. The van der Waals surface area contributed by atoms with Gasteiger partial charge in [-0.05, 0) is 31.4 Å². The van der Waals surface area contributed by atoms with E-state index in [0.717, 1.165) is 12.1 Å². The maximum Gasteiger partial charge on any atom is 0.143 e. The SMILES string of the molecule is Cc1ccc(OCC(O)CC2CCCC2)c(CO)n1. The zero-order valence-corrected chi connectivity index (χ0v) is 11.5. The molecule has 0 spiro atoms. The van der Waals surface area contributed by atoms with Gasteiger partial charge >= 0.3 is 0 Å². The molecule has 1 fully saturated rings. The summed E-state index contributed by atoms with van der Waals surface area (Å²) in [6.07, 6.45) is 5.41. The Morgan fingerprint density at radius 2 is 2.11 bits per heavy atom. The third-order valence-corrected chi connectivity index (χ3v) is 3.73. The summed E-state index contributed by atoms with van der Waals surface area (Å²) in [5.74, 6) is 1.21. The Labute approximate surface area is 114 Å². The molecule has 1 unspecified atom stereocenters. The topological polar surface area (TPSA) is 62.6 Å². The molecule has 106 valence electrons. The average Bonchev–Trinajstić information content (AvgIpc) is 2.90. The molecule has 1 atom stereocenters. The van der Waals surface area contributed by atoms with Crippen molar-refractivity contribution in [2.75, 3.05) is 6.61 Å². The molecule has 19 heavy (non-hydrogen) atoms. The second-order valence-corrected chi connectivity index (χ2v) is 5.41. The molecule has 1 aliphatic rings. The van der Waals surface area contributed by atoms with E-state index in [9.17, 15) is 10.2 Å². The van der Waals surface area contributed by atoms with Gasteiger partial charge in [0.25, 0.3) is 0 Å². The summed E-state index contributed by atoms with van der Waals surface area (Å²) in [5.41, 5.74) is 1.39. The van der Waals surface area contributed by atoms with E-state index in [0.29, 0.717) is 17.4 Å². The molecule has 0 bridgehead atoms. The van der Waals surface area contributed by atoms with Gasteiger partial charge in [-0.2, -0.15) is 0 Å². The van der Waals surface area contributed by atoms with Gasteiger partial charge in [0.2, 0.25) is 0 Å². The highest BCUT2D eigenvalue weighted by atomic mass is 16.5. The highest BCUT2D eigenvalue weighted by Crippen LogP contribution is 2.28. The minimum absolute atomic E-state index is 0.143. The van der Waals surface area contributed by atoms with Crippen LogP contribution in [0.1, 0.15) is 43.5 Å². The molecule has 1 aliphatic carbocycles. The predicted molar refractivity (Wildman–Crippen MR) is 73.0 cm³/mol. The zero-order valence-electron chi connectivity index (χ0n) is 11.5. The van der Waals surface area contributed by atoms with Gasteiger partial charge in [0.05, 0.1) is 12.7 Å². The Morgan fingerprint density at radius 3 is 2.79 bits per heavy atom. The van der Waals surface area contributed by atoms with Crippen LogP contribution in [0.4, 0.5) is 0 Å². The second kappa shape index (κ2) is 6.87. The number of hydrogen-bond acceptors (Lipinski definition) is 4. The number of nitrogens with zero attached hydrogens (tertiary/aromatic N) is 1. The van der Waals surface area contributed by atoms with Gasteiger partial charge in [-0.25, -0.2) is 0 Å². The average molecular weight is 265 g/mol. The van der Waals surface area contributed by atoms with Crippen LogP contribution in [0.5, 0.6) is 5.75 Å². The molecule has 0 amide bonds. The Morgan fingerprint density at radius 1 is 1.37 bits per heavy atom. The molecule has 1 heterocycles. The molecule has 1 aromatic rings. The number of ether oxygens (including phenoxy) is 1. The van der Waals surface area contributed by atoms with Crippen molar-refractivity contribution in [1.82, 2.24) is 4.98 Å². The van der Waals surface area contributed by atoms with E-state index in [2.05, 4.69) is 4.98 Å². The molecule has 1 saturated carbocycles. The molecule has 4 nitrogen and oxygen atoms in total. The second-order valence-electron chi connectivity index (χ2n) is 5.41. The van der Waals surface area contributed by atoms with Crippen molar-refractivity contribution in [1.29, 1.82) is 0 Å². The van der Waals surface area contributed by atoms with Gasteiger partial charge in [-0.1, -0.05) is 25.7 Å². The lowest BCUT2D eigenvalue weighted by molar-refractivity contribution is 0.0840. The lowest BCUT2D eigenvalue weighted by Crippen LogP contribution is -2.21. The van der Waals surface area contributed by atoms with Crippen molar-refractivity contribution in [2.45, 2.75) is 51.7 Å². The van der Waals surface area contributed by atoms with E-state index in [-0.39, 0.29) is 13.2 Å². The van der Waals surface area contributed by atoms with Crippen LogP contribution in [0.25, 0.3) is 0 Å². The van der Waals surface area contributed by atoms with Gasteiger partial charge in [0.15, 0.2) is 0 Å². The van der Waals surface area contributed by atoms with Crippen LogP contribution < -0.4 is 4.74 Å². The maximum atomic E-state index is 9.98. The molecule has 0 radical (unpaired) electrons. The van der Waals surface area contributed by atoms with Crippen molar-refractivity contribution >= 4 is 0 Å². The molecule has 2 N–H and O–H groups in total. The van der Waals surface area contributed by atoms with Crippen molar-refractivity contribution < 1.29 is 14.9 Å². The molecule has 0 aromatic carbocycles. The Kier molecular flexibility index (Phi) is 5.16. The Balaban J connectivity index is 1.83. The molecule has 0 aliphatic heterocycles. The first-order chi connectivity index (χ1) is 9.19. The lowest BCUT2D eigenvalue weighted by atomic mass is 10.0. The van der Waals surface area contributed by atoms with Gasteiger partial charge < -0.3 is 14.9 Å². The monoisotopic (exact) mass is 265 g/mol. The third kappa shape index (κ3) is 4.18. The standard InChI is InChI=1S/C15H23NO3/c1-11-6-7-15(14(9-17)16-11)19-10-13(18)8-12-4-2-3-5-12/h6-7,12-13,17-18H,2-5,8-10H2,1H3. The highest BCUT2D eigenvalue weighted by Gasteiger charge is 2.19. The number of aliphatic hydroxyl groups excluding tert-OH is 2. The van der Waals surface area contributed by atoms with Gasteiger partial charge in [0, 0.05) is 5.69 Å². The number of pyridine rings is 1. The van der Waals surface area contributed by atoms with Crippen molar-refractivity contribution in [2.24, 2.45) is 5.92 Å². The lowest BCUT2D eigenvalue weighted by Gasteiger charge is -2.17. The molecular weight excluding hydrogens is 242 g/mol. The number of aromatic nitrogens is 1. The summed E-state index contributed by atoms with van der Waals surface area (Å²) in [6, 6.07) is 3.65. The van der Waals surface area contributed by atoms with Crippen LogP contribution in [-0.4, -0.2) is 27.9 Å². The summed E-state index contributed by atoms with van der Waals surface area (Å²) >= 11 is 0. The quantitative estimate of drug-likeness (QED) is 0.827. The smallest absolute Gasteiger partial charge is 0.143 e. The van der Waals surface area contributed by atoms with Crippen LogP contribution in [0.3, 0.4) is 0 Å². The zero-order chi connectivity index (χ0) is 13.7. The Bertz CT molecular complexity index is 402. The number of aryl methyl sites for hydroxylation is 1. The van der Waals surface area contributed by atoms with Crippen LogP contribution >= 0.6 is 0 Å². The predicted octanol–water partition coefficient (Wildman–Crippen LogP) is 2.20. The van der Waals surface area contributed by atoms with Gasteiger partial charge in [-0.3, -0.25) is 4.98 Å². The number of aliphatic hydroxyl groups is 2. The fraction of sp³-hybridized carbons (Fsp3) is 0.667. The minimum atomic E-state index is -0.434. The van der Waals surface area contributed by atoms with E-state index in [1.807, 2.05) is 13.0 Å². The highest BCUT2D eigenvalue weighted by molar-refractivity contribution is 5.28. The molecule has 2 rings (SSSR count). The number of rotatable bonds is 6. The Hall–Kier alpha value is -1.13. The van der Waals surface area contributed by atoms with Crippen LogP contribution in [0, 0.1) is 12.8 Å². The minimum Gasteiger partial charge on any atom is -0.489 e. The van der Waals surface area contributed by atoms with Crippen LogP contribution in [0.2, 0.25) is 0 Å². The van der Waals surface area contributed by atoms with E-state index < -0.39 is 6.10 Å². The molecule has 0 saturated heterocycles. The van der Waals surface area contributed by atoms with Crippen LogP contribution in [-0.2, 0) is 6.61 Å². The molecule has 4 heteroatoms. The fourth-order valence-electron chi connectivity index (χ4n) is 2.73. The van der Waals surface area contributed by atoms with Gasteiger partial charge in [0.1, 0.15) is 18.1 Å². The van der Waals surface area contributed by atoms with Crippen molar-refractivity contribution in [3.63, 3.8) is 0 Å². The fourth-order valence-corrected chi connectivity index (χ4v) is 2.73. The van der Waals surface area contributed by atoms with E-state index in [1.165, 1.54) is 25.7 Å². The summed E-state index contributed by atoms with van der Waals surface area (Å²) in [7, 11) is 0. The normalized spacial score (nSPS) is 17.6. The van der Waals surface area contributed by atoms with Gasteiger partial charge in [-0.15, -0.1) is 0 Å². The first kappa shape index (κ1) is 14.3. The maximum absolute atomic E-state index is 9.98. The van der Waals surface area contributed by atoms with E-state index in [1.54, 1.807) is 6.07 Å². The summed E-state index contributed by atoms with van der Waals surface area (Å²) in [5, 5.41) is 19.2. The number of hydrogen-bond donors (Lipinski definition) is 2. The summed E-state index contributed by atoms with van der Waals surface area (Å²) in [4.78, 5) is 4.22.